The van der Waals surface area contributed by atoms with Crippen molar-refractivity contribution in [1.29, 1.82) is 0 Å². The highest BCUT2D eigenvalue weighted by Crippen LogP contribution is 2.33. The van der Waals surface area contributed by atoms with Gasteiger partial charge in [0.15, 0.2) is 0 Å². The molecule has 0 spiro atoms. The Balaban J connectivity index is 2.42. The molecule has 1 aromatic carbocycles. The maximum atomic E-state index is 5.32. The quantitative estimate of drug-likeness (QED) is 0.896. The zero-order valence-corrected chi connectivity index (χ0v) is 13.5. The van der Waals surface area contributed by atoms with Gasteiger partial charge in [0.1, 0.15) is 11.5 Å². The van der Waals surface area contributed by atoms with Gasteiger partial charge in [0.05, 0.1) is 24.0 Å². The van der Waals surface area contributed by atoms with Gasteiger partial charge in [-0.25, -0.2) is 0 Å². The molecule has 0 bridgehead atoms. The molecule has 0 aliphatic carbocycles. The first-order valence-electron chi connectivity index (χ1n) is 5.82. The summed E-state index contributed by atoms with van der Waals surface area (Å²) in [6, 6.07) is 8.16. The summed E-state index contributed by atoms with van der Waals surface area (Å²) in [6.45, 7) is 0. The first-order valence-corrected chi connectivity index (χ1v) is 7.49. The monoisotopic (exact) mass is 341 g/mol. The molecule has 2 aromatic rings. The fourth-order valence-electron chi connectivity index (χ4n) is 2.00. The second-order valence-corrected chi connectivity index (χ2v) is 6.34. The van der Waals surface area contributed by atoms with E-state index in [9.17, 15) is 0 Å². The Kier molecular flexibility index (Phi) is 4.85. The maximum absolute atomic E-state index is 5.32. The third-order valence-corrected chi connectivity index (χ3v) is 4.44. The zero-order valence-electron chi connectivity index (χ0n) is 11.1. The predicted octanol–water partition coefficient (Wildman–Crippen LogP) is 3.84. The molecule has 1 N–H and O–H groups in total. The molecule has 0 fully saturated rings. The molecule has 102 valence electrons. The molecule has 1 atom stereocenters. The predicted molar refractivity (Wildman–Crippen MR) is 82.5 cm³/mol. The molecule has 1 aromatic heterocycles. The van der Waals surface area contributed by atoms with Crippen LogP contribution in [0.3, 0.4) is 0 Å². The van der Waals surface area contributed by atoms with Crippen LogP contribution >= 0.6 is 27.3 Å². The van der Waals surface area contributed by atoms with Crippen molar-refractivity contribution < 1.29 is 9.47 Å². The number of nitrogens with one attached hydrogen (secondary N) is 1. The van der Waals surface area contributed by atoms with Gasteiger partial charge in [0, 0.05) is 6.07 Å². The van der Waals surface area contributed by atoms with Crippen molar-refractivity contribution in [2.45, 2.75) is 6.04 Å². The zero-order chi connectivity index (χ0) is 13.8. The molecule has 1 unspecified atom stereocenters. The Morgan fingerprint density at radius 1 is 1.05 bits per heavy atom. The molecule has 0 amide bonds. The highest BCUT2D eigenvalue weighted by molar-refractivity contribution is 9.11. The minimum atomic E-state index is 0.117. The Labute approximate surface area is 125 Å². The molecule has 3 nitrogen and oxygen atoms in total. The molecule has 5 heteroatoms. The fraction of sp³-hybridized carbons (Fsp3) is 0.286. The van der Waals surface area contributed by atoms with Gasteiger partial charge in [-0.05, 0) is 57.7 Å². The fourth-order valence-corrected chi connectivity index (χ4v) is 3.20. The molecule has 0 aliphatic heterocycles. The highest BCUT2D eigenvalue weighted by Gasteiger charge is 2.15. The Morgan fingerprint density at radius 2 is 1.68 bits per heavy atom. The van der Waals surface area contributed by atoms with E-state index in [1.807, 2.05) is 25.2 Å². The summed E-state index contributed by atoms with van der Waals surface area (Å²) in [5, 5.41) is 5.46. The number of hydrogen-bond acceptors (Lipinski definition) is 4. The van der Waals surface area contributed by atoms with Crippen molar-refractivity contribution in [1.82, 2.24) is 5.32 Å². The van der Waals surface area contributed by atoms with E-state index >= 15 is 0 Å². The number of ether oxygens (including phenoxy) is 2. The molecule has 0 saturated heterocycles. The number of hydrogen-bond donors (Lipinski definition) is 1. The second kappa shape index (κ2) is 6.41. The third-order valence-electron chi connectivity index (χ3n) is 2.92. The first-order chi connectivity index (χ1) is 9.17. The van der Waals surface area contributed by atoms with Crippen molar-refractivity contribution in [3.8, 4) is 11.5 Å². The lowest BCUT2D eigenvalue weighted by atomic mass is 10.0. The summed E-state index contributed by atoms with van der Waals surface area (Å²) in [5.41, 5.74) is 2.33. The van der Waals surface area contributed by atoms with Crippen LogP contribution in [-0.4, -0.2) is 21.3 Å². The lowest BCUT2D eigenvalue weighted by Crippen LogP contribution is -2.17. The summed E-state index contributed by atoms with van der Waals surface area (Å²) >= 11 is 5.18. The number of halogens is 1. The number of benzene rings is 1. The van der Waals surface area contributed by atoms with Gasteiger partial charge >= 0.3 is 0 Å². The topological polar surface area (TPSA) is 30.5 Å². The van der Waals surface area contributed by atoms with Gasteiger partial charge in [0.25, 0.3) is 0 Å². The molecule has 1 heterocycles. The molecule has 2 rings (SSSR count). The largest absolute Gasteiger partial charge is 0.497 e. The minimum absolute atomic E-state index is 0.117. The summed E-state index contributed by atoms with van der Waals surface area (Å²) in [7, 11) is 5.27. The maximum Gasteiger partial charge on any atom is 0.122 e. The van der Waals surface area contributed by atoms with Gasteiger partial charge in [-0.2, -0.15) is 0 Å². The number of thiophene rings is 1. The summed E-state index contributed by atoms with van der Waals surface area (Å²) in [5.74, 6) is 1.59. The van der Waals surface area contributed by atoms with E-state index in [4.69, 9.17) is 9.47 Å². The molecular formula is C14H16BrNO2S. The summed E-state index contributed by atoms with van der Waals surface area (Å²) < 4.78 is 11.8. The van der Waals surface area contributed by atoms with Crippen LogP contribution in [0.25, 0.3) is 0 Å². The van der Waals surface area contributed by atoms with Gasteiger partial charge in [-0.3, -0.25) is 0 Å². The summed E-state index contributed by atoms with van der Waals surface area (Å²) in [4.78, 5) is 0. The molecule has 0 aliphatic rings. The van der Waals surface area contributed by atoms with Crippen LogP contribution in [0.2, 0.25) is 0 Å². The normalized spacial score (nSPS) is 12.2. The van der Waals surface area contributed by atoms with Crippen LogP contribution in [-0.2, 0) is 0 Å². The minimum Gasteiger partial charge on any atom is -0.497 e. The molecule has 0 radical (unpaired) electrons. The average molecular weight is 342 g/mol. The van der Waals surface area contributed by atoms with E-state index < -0.39 is 0 Å². The van der Waals surface area contributed by atoms with E-state index in [0.717, 1.165) is 20.8 Å². The first kappa shape index (κ1) is 14.4. The van der Waals surface area contributed by atoms with Gasteiger partial charge in [0.2, 0.25) is 0 Å². The van der Waals surface area contributed by atoms with Crippen molar-refractivity contribution in [2.75, 3.05) is 21.3 Å². The van der Waals surface area contributed by atoms with Crippen molar-refractivity contribution in [2.24, 2.45) is 0 Å². The second-order valence-electron chi connectivity index (χ2n) is 4.05. The molecule has 0 saturated carbocycles. The van der Waals surface area contributed by atoms with Gasteiger partial charge < -0.3 is 14.8 Å². The van der Waals surface area contributed by atoms with Gasteiger partial charge in [-0.15, -0.1) is 11.3 Å². The molecular weight excluding hydrogens is 326 g/mol. The van der Waals surface area contributed by atoms with Gasteiger partial charge in [-0.1, -0.05) is 0 Å². The Hall–Kier alpha value is -1.04. The average Bonchev–Trinajstić information content (AvgIpc) is 2.85. The third kappa shape index (κ3) is 3.29. The summed E-state index contributed by atoms with van der Waals surface area (Å²) in [6.07, 6.45) is 0. The van der Waals surface area contributed by atoms with E-state index in [2.05, 4.69) is 32.7 Å². The van der Waals surface area contributed by atoms with Crippen molar-refractivity contribution in [3.63, 3.8) is 0 Å². The van der Waals surface area contributed by atoms with Crippen LogP contribution < -0.4 is 14.8 Å². The van der Waals surface area contributed by atoms with Crippen LogP contribution in [0.4, 0.5) is 0 Å². The van der Waals surface area contributed by atoms with E-state index in [1.165, 1.54) is 5.56 Å². The van der Waals surface area contributed by atoms with Crippen LogP contribution in [0.1, 0.15) is 17.2 Å². The number of rotatable bonds is 5. The van der Waals surface area contributed by atoms with Crippen LogP contribution in [0.5, 0.6) is 11.5 Å². The lowest BCUT2D eigenvalue weighted by molar-refractivity contribution is 0.392. The molecule has 19 heavy (non-hydrogen) atoms. The number of methoxy groups -OCH3 is 2. The van der Waals surface area contributed by atoms with Crippen molar-refractivity contribution in [3.05, 3.63) is 44.6 Å². The van der Waals surface area contributed by atoms with E-state index in [1.54, 1.807) is 25.6 Å². The van der Waals surface area contributed by atoms with E-state index in [0.29, 0.717) is 0 Å². The Morgan fingerprint density at radius 3 is 2.11 bits per heavy atom. The van der Waals surface area contributed by atoms with Crippen molar-refractivity contribution >= 4 is 27.3 Å². The standard InChI is InChI=1S/C14H16BrNO2S/c1-16-14(10-6-13(15)19-8-10)9-4-11(17-2)7-12(5-9)18-3/h4-8,14,16H,1-3H3. The Bertz CT molecular complexity index is 534. The smallest absolute Gasteiger partial charge is 0.122 e. The lowest BCUT2D eigenvalue weighted by Gasteiger charge is -2.17. The van der Waals surface area contributed by atoms with E-state index in [-0.39, 0.29) is 6.04 Å². The van der Waals surface area contributed by atoms with Crippen LogP contribution in [0.15, 0.2) is 33.4 Å². The van der Waals surface area contributed by atoms with Crippen LogP contribution in [0, 0.1) is 0 Å². The SMILES string of the molecule is CNC(c1cc(OC)cc(OC)c1)c1csc(Br)c1. The highest BCUT2D eigenvalue weighted by atomic mass is 79.9.